The molecular weight excluding hydrogens is 372 g/mol. The molecule has 0 aliphatic rings. The van der Waals surface area contributed by atoms with Crippen LogP contribution >= 0.6 is 0 Å². The van der Waals surface area contributed by atoms with Crippen molar-refractivity contribution in [3.8, 4) is 11.5 Å². The van der Waals surface area contributed by atoms with Gasteiger partial charge in [-0.3, -0.25) is 4.79 Å². The summed E-state index contributed by atoms with van der Waals surface area (Å²) in [5.41, 5.74) is 4.24. The number of amides is 3. The fourth-order valence-electron chi connectivity index (χ4n) is 2.39. The van der Waals surface area contributed by atoms with Gasteiger partial charge in [-0.1, -0.05) is 6.92 Å². The van der Waals surface area contributed by atoms with Crippen LogP contribution in [0.25, 0.3) is 0 Å². The lowest BCUT2D eigenvalue weighted by atomic mass is 10.2. The van der Waals surface area contributed by atoms with Gasteiger partial charge in [0, 0.05) is 17.8 Å². The van der Waals surface area contributed by atoms with Crippen molar-refractivity contribution in [2.45, 2.75) is 20.3 Å². The summed E-state index contributed by atoms with van der Waals surface area (Å²) in [6, 6.07) is 11.6. The van der Waals surface area contributed by atoms with Gasteiger partial charge in [0.2, 0.25) is 0 Å². The number of nitrogens with one attached hydrogen (secondary N) is 3. The highest BCUT2D eigenvalue weighted by Gasteiger charge is 2.07. The minimum absolute atomic E-state index is 0.278. The highest BCUT2D eigenvalue weighted by Crippen LogP contribution is 2.27. The Kier molecular flexibility index (Phi) is 8.50. The summed E-state index contributed by atoms with van der Waals surface area (Å²) in [7, 11) is 1.56. The van der Waals surface area contributed by atoms with Crippen LogP contribution in [0.15, 0.2) is 47.6 Å². The van der Waals surface area contributed by atoms with Gasteiger partial charge in [-0.25, -0.2) is 10.2 Å². The Hall–Kier alpha value is -3.55. The van der Waals surface area contributed by atoms with Crippen LogP contribution in [0.5, 0.6) is 11.5 Å². The Bertz CT molecular complexity index is 850. The van der Waals surface area contributed by atoms with Crippen LogP contribution in [0.4, 0.5) is 10.5 Å². The molecule has 0 aliphatic carbocycles. The molecule has 29 heavy (non-hydrogen) atoms. The Morgan fingerprint density at radius 1 is 1.07 bits per heavy atom. The second-order valence-electron chi connectivity index (χ2n) is 6.00. The number of benzene rings is 2. The Morgan fingerprint density at radius 2 is 1.83 bits per heavy atom. The second-order valence-corrected chi connectivity index (χ2v) is 6.00. The van der Waals surface area contributed by atoms with Crippen molar-refractivity contribution >= 4 is 23.8 Å². The van der Waals surface area contributed by atoms with Crippen LogP contribution in [-0.4, -0.2) is 38.4 Å². The lowest BCUT2D eigenvalue weighted by Crippen LogP contribution is -2.29. The normalized spacial score (nSPS) is 10.4. The molecular formula is C21H26N4O4. The molecule has 0 aromatic heterocycles. The number of anilines is 1. The lowest BCUT2D eigenvalue weighted by Gasteiger charge is -2.09. The lowest BCUT2D eigenvalue weighted by molar-refractivity contribution is 0.0955. The molecule has 0 fully saturated rings. The number of carbonyl (C=O) groups excluding carboxylic acids is 2. The number of ether oxygens (including phenoxy) is 2. The van der Waals surface area contributed by atoms with Gasteiger partial charge in [-0.15, -0.1) is 0 Å². The van der Waals surface area contributed by atoms with E-state index >= 15 is 0 Å². The summed E-state index contributed by atoms with van der Waals surface area (Å²) in [6.07, 6.45) is 2.38. The van der Waals surface area contributed by atoms with Gasteiger partial charge in [0.25, 0.3) is 5.91 Å². The molecule has 0 saturated carbocycles. The number of nitrogens with zero attached hydrogens (tertiary/aromatic N) is 1. The molecule has 0 radical (unpaired) electrons. The fraction of sp³-hybridized carbons (Fsp3) is 0.286. The summed E-state index contributed by atoms with van der Waals surface area (Å²) >= 11 is 0. The fourth-order valence-corrected chi connectivity index (χ4v) is 2.39. The number of methoxy groups -OCH3 is 1. The zero-order valence-electron chi connectivity index (χ0n) is 16.8. The number of hydrogen-bond acceptors (Lipinski definition) is 5. The molecule has 0 heterocycles. The van der Waals surface area contributed by atoms with E-state index in [0.717, 1.165) is 12.0 Å². The summed E-state index contributed by atoms with van der Waals surface area (Å²) in [6.45, 7) is 5.01. The van der Waals surface area contributed by atoms with Gasteiger partial charge in [-0.2, -0.15) is 5.10 Å². The standard InChI is InChI=1S/C21H26N4O4/c1-4-12-22-21(27)24-17-9-7-16(8-10-17)20(26)25-23-14-15-6-11-18(29-5-2)19(13-15)28-3/h6-11,13-14H,4-5,12H2,1-3H3,(H,25,26)(H2,22,24,27). The van der Waals surface area contributed by atoms with E-state index < -0.39 is 0 Å². The number of carbonyl (C=O) groups is 2. The quantitative estimate of drug-likeness (QED) is 0.445. The van der Waals surface area contributed by atoms with Gasteiger partial charge in [0.1, 0.15) is 0 Å². The van der Waals surface area contributed by atoms with Gasteiger partial charge >= 0.3 is 6.03 Å². The zero-order valence-corrected chi connectivity index (χ0v) is 16.8. The molecule has 2 aromatic carbocycles. The maximum Gasteiger partial charge on any atom is 0.319 e. The van der Waals surface area contributed by atoms with Crippen LogP contribution in [0.3, 0.4) is 0 Å². The molecule has 0 atom stereocenters. The first kappa shape index (κ1) is 21.7. The molecule has 0 spiro atoms. The summed E-state index contributed by atoms with van der Waals surface area (Å²) in [4.78, 5) is 23.8. The summed E-state index contributed by atoms with van der Waals surface area (Å²) in [5, 5.41) is 9.39. The minimum atomic E-state index is -0.360. The van der Waals surface area contributed by atoms with E-state index in [0.29, 0.717) is 35.9 Å². The molecule has 8 heteroatoms. The van der Waals surface area contributed by atoms with Crippen LogP contribution in [0, 0.1) is 0 Å². The smallest absolute Gasteiger partial charge is 0.319 e. The predicted molar refractivity (Wildman–Crippen MR) is 113 cm³/mol. The third-order valence-corrected chi connectivity index (χ3v) is 3.81. The molecule has 0 aliphatic heterocycles. The van der Waals surface area contributed by atoms with E-state index in [-0.39, 0.29) is 11.9 Å². The van der Waals surface area contributed by atoms with Gasteiger partial charge in [-0.05, 0) is 61.4 Å². The SMILES string of the molecule is CCCNC(=O)Nc1ccc(C(=O)NN=Cc2ccc(OCC)c(OC)c2)cc1. The van der Waals surface area contributed by atoms with Gasteiger partial charge in [0.15, 0.2) is 11.5 Å². The van der Waals surface area contributed by atoms with Crippen molar-refractivity contribution in [3.63, 3.8) is 0 Å². The summed E-state index contributed by atoms with van der Waals surface area (Å²) < 4.78 is 10.8. The minimum Gasteiger partial charge on any atom is -0.493 e. The molecule has 3 N–H and O–H groups in total. The second kappa shape index (κ2) is 11.3. The first-order chi connectivity index (χ1) is 14.1. The first-order valence-electron chi connectivity index (χ1n) is 9.36. The average Bonchev–Trinajstić information content (AvgIpc) is 2.73. The van der Waals surface area contributed by atoms with E-state index in [4.69, 9.17) is 9.47 Å². The van der Waals surface area contributed by atoms with Gasteiger partial charge in [0.05, 0.1) is 19.9 Å². The van der Waals surface area contributed by atoms with E-state index in [2.05, 4.69) is 21.2 Å². The highest BCUT2D eigenvalue weighted by molar-refractivity contribution is 5.96. The van der Waals surface area contributed by atoms with Crippen molar-refractivity contribution in [3.05, 3.63) is 53.6 Å². The van der Waals surface area contributed by atoms with Crippen LogP contribution in [0.1, 0.15) is 36.2 Å². The first-order valence-corrected chi connectivity index (χ1v) is 9.36. The molecule has 0 unspecified atom stereocenters. The van der Waals surface area contributed by atoms with Gasteiger partial charge < -0.3 is 20.1 Å². The maximum absolute atomic E-state index is 12.2. The largest absolute Gasteiger partial charge is 0.493 e. The van der Waals surface area contributed by atoms with Crippen molar-refractivity contribution in [1.29, 1.82) is 0 Å². The van der Waals surface area contributed by atoms with Crippen LogP contribution in [0.2, 0.25) is 0 Å². The number of rotatable bonds is 9. The Labute approximate surface area is 170 Å². The predicted octanol–water partition coefficient (Wildman–Crippen LogP) is 3.39. The number of urea groups is 1. The monoisotopic (exact) mass is 398 g/mol. The third kappa shape index (κ3) is 6.84. The third-order valence-electron chi connectivity index (χ3n) is 3.81. The molecule has 0 saturated heterocycles. The van der Waals surface area contributed by atoms with Crippen molar-refractivity contribution in [2.24, 2.45) is 5.10 Å². The zero-order chi connectivity index (χ0) is 21.1. The Balaban J connectivity index is 1.92. The van der Waals surface area contributed by atoms with Crippen molar-refractivity contribution in [2.75, 3.05) is 25.6 Å². The van der Waals surface area contributed by atoms with Crippen LogP contribution < -0.4 is 25.5 Å². The topological polar surface area (TPSA) is 101 Å². The van der Waals surface area contributed by atoms with Crippen molar-refractivity contribution in [1.82, 2.24) is 10.7 Å². The highest BCUT2D eigenvalue weighted by atomic mass is 16.5. The molecule has 2 aromatic rings. The average molecular weight is 398 g/mol. The number of hydrazone groups is 1. The molecule has 0 bridgehead atoms. The Morgan fingerprint density at radius 3 is 2.48 bits per heavy atom. The molecule has 154 valence electrons. The molecule has 3 amide bonds. The van der Waals surface area contributed by atoms with Crippen LogP contribution in [-0.2, 0) is 0 Å². The molecule has 2 rings (SSSR count). The van der Waals surface area contributed by atoms with E-state index in [9.17, 15) is 9.59 Å². The van der Waals surface area contributed by atoms with E-state index in [1.54, 1.807) is 43.5 Å². The van der Waals surface area contributed by atoms with Crippen molar-refractivity contribution < 1.29 is 19.1 Å². The molecule has 8 nitrogen and oxygen atoms in total. The summed E-state index contributed by atoms with van der Waals surface area (Å²) in [5.74, 6) is 0.877. The number of hydrogen-bond donors (Lipinski definition) is 3. The van der Waals surface area contributed by atoms with E-state index in [1.165, 1.54) is 6.21 Å². The van der Waals surface area contributed by atoms with E-state index in [1.807, 2.05) is 19.9 Å². The maximum atomic E-state index is 12.2.